The molecule has 0 radical (unpaired) electrons. The third kappa shape index (κ3) is 5.77. The molecule has 5 nitrogen and oxygen atoms in total. The van der Waals surface area contributed by atoms with Gasteiger partial charge in [0.2, 0.25) is 5.91 Å². The molecular weight excluding hydrogens is 326 g/mol. The van der Waals surface area contributed by atoms with Crippen LogP contribution >= 0.6 is 23.4 Å². The minimum atomic E-state index is -0.643. The maximum Gasteiger partial charge on any atom is 0.328 e. The highest BCUT2D eigenvalue weighted by Crippen LogP contribution is 2.23. The van der Waals surface area contributed by atoms with Crippen LogP contribution in [0, 0.1) is 0 Å². The predicted molar refractivity (Wildman–Crippen MR) is 88.7 cm³/mol. The molecule has 1 aromatic carbocycles. The molecule has 22 heavy (non-hydrogen) atoms. The van der Waals surface area contributed by atoms with Gasteiger partial charge in [-0.1, -0.05) is 11.6 Å². The lowest BCUT2D eigenvalue weighted by Gasteiger charge is -2.16. The second-order valence-corrected chi connectivity index (χ2v) is 5.98. The molecule has 0 saturated carbocycles. The lowest BCUT2D eigenvalue weighted by Crippen LogP contribution is -2.42. The van der Waals surface area contributed by atoms with Gasteiger partial charge in [-0.05, 0) is 36.6 Å². The number of hydrogen-bond acceptors (Lipinski definition) is 5. The Morgan fingerprint density at radius 1 is 1.36 bits per heavy atom. The highest BCUT2D eigenvalue weighted by atomic mass is 35.5. The van der Waals surface area contributed by atoms with Gasteiger partial charge in [-0.25, -0.2) is 4.79 Å². The van der Waals surface area contributed by atoms with Crippen molar-refractivity contribution >= 4 is 35.2 Å². The molecular formula is C15H20ClNO4S. The van der Waals surface area contributed by atoms with E-state index in [2.05, 4.69) is 5.32 Å². The highest BCUT2D eigenvalue weighted by Gasteiger charge is 2.21. The molecule has 0 fully saturated rings. The maximum atomic E-state index is 12.2. The first-order chi connectivity index (χ1) is 10.5. The van der Waals surface area contributed by atoms with Crippen LogP contribution < -0.4 is 10.1 Å². The summed E-state index contributed by atoms with van der Waals surface area (Å²) in [5.41, 5.74) is 0.668. The molecule has 1 rings (SSSR count). The van der Waals surface area contributed by atoms with Gasteiger partial charge >= 0.3 is 5.97 Å². The normalized spacial score (nSPS) is 11.6. The number of carbonyl (C=O) groups is 2. The summed E-state index contributed by atoms with van der Waals surface area (Å²) in [7, 11) is 2.83. The molecule has 1 aromatic rings. The number of methoxy groups -OCH3 is 2. The molecule has 0 aromatic heterocycles. The molecule has 0 bridgehead atoms. The molecule has 1 amide bonds. The minimum absolute atomic E-state index is 0.0799. The van der Waals surface area contributed by atoms with Crippen molar-refractivity contribution in [3.63, 3.8) is 0 Å². The molecule has 0 aliphatic heterocycles. The molecule has 0 unspecified atom stereocenters. The molecule has 0 aliphatic rings. The molecule has 1 N–H and O–H groups in total. The van der Waals surface area contributed by atoms with E-state index >= 15 is 0 Å². The summed E-state index contributed by atoms with van der Waals surface area (Å²) in [4.78, 5) is 23.9. The summed E-state index contributed by atoms with van der Waals surface area (Å²) in [6.45, 7) is 0. The number of thioether (sulfide) groups is 1. The lowest BCUT2D eigenvalue weighted by atomic mass is 10.1. The fraction of sp³-hybridized carbons (Fsp3) is 0.467. The van der Waals surface area contributed by atoms with Gasteiger partial charge in [0, 0.05) is 10.6 Å². The van der Waals surface area contributed by atoms with Crippen LogP contribution in [0.3, 0.4) is 0 Å². The van der Waals surface area contributed by atoms with E-state index in [1.54, 1.807) is 30.0 Å². The summed E-state index contributed by atoms with van der Waals surface area (Å²) in [6.07, 6.45) is 2.54. The van der Waals surface area contributed by atoms with Gasteiger partial charge in [0.05, 0.1) is 20.6 Å². The zero-order chi connectivity index (χ0) is 16.5. The lowest BCUT2D eigenvalue weighted by molar-refractivity contribution is -0.145. The number of rotatable bonds is 8. The first-order valence-electron chi connectivity index (χ1n) is 6.70. The quantitative estimate of drug-likeness (QED) is 0.732. The first kappa shape index (κ1) is 18.6. The molecule has 122 valence electrons. The Bertz CT molecular complexity index is 524. The molecule has 0 saturated heterocycles. The van der Waals surface area contributed by atoms with Gasteiger partial charge in [0.25, 0.3) is 0 Å². The Kier molecular flexibility index (Phi) is 8.12. The van der Waals surface area contributed by atoms with Crippen molar-refractivity contribution in [3.8, 4) is 5.75 Å². The Balaban J connectivity index is 2.74. The monoisotopic (exact) mass is 345 g/mol. The fourth-order valence-electron chi connectivity index (χ4n) is 1.93. The Morgan fingerprint density at radius 3 is 2.68 bits per heavy atom. The van der Waals surface area contributed by atoms with E-state index in [0.717, 1.165) is 5.75 Å². The topological polar surface area (TPSA) is 64.6 Å². The van der Waals surface area contributed by atoms with Crippen LogP contribution in [0.1, 0.15) is 12.0 Å². The van der Waals surface area contributed by atoms with Crippen LogP contribution in [0.15, 0.2) is 18.2 Å². The van der Waals surface area contributed by atoms with Gasteiger partial charge in [-0.2, -0.15) is 11.8 Å². The van der Waals surface area contributed by atoms with Crippen molar-refractivity contribution in [1.29, 1.82) is 0 Å². The van der Waals surface area contributed by atoms with Crippen molar-refractivity contribution in [2.24, 2.45) is 0 Å². The zero-order valence-electron chi connectivity index (χ0n) is 12.8. The van der Waals surface area contributed by atoms with Crippen molar-refractivity contribution in [2.45, 2.75) is 18.9 Å². The van der Waals surface area contributed by atoms with Crippen LogP contribution in [0.25, 0.3) is 0 Å². The van der Waals surface area contributed by atoms with E-state index in [1.807, 2.05) is 6.26 Å². The van der Waals surface area contributed by atoms with E-state index in [9.17, 15) is 9.59 Å². The number of ether oxygens (including phenoxy) is 2. The Morgan fingerprint density at radius 2 is 2.09 bits per heavy atom. The smallest absolute Gasteiger partial charge is 0.328 e. The Hall–Kier alpha value is -1.40. The SMILES string of the molecule is COC(=O)[C@H](CCSC)NC(=O)Cc1cc(Cl)ccc1OC. The maximum absolute atomic E-state index is 12.2. The average Bonchev–Trinajstić information content (AvgIpc) is 2.50. The van der Waals surface area contributed by atoms with Gasteiger partial charge in [-0.3, -0.25) is 4.79 Å². The average molecular weight is 346 g/mol. The van der Waals surface area contributed by atoms with E-state index in [4.69, 9.17) is 21.1 Å². The van der Waals surface area contributed by atoms with Gasteiger partial charge in [0.15, 0.2) is 0 Å². The first-order valence-corrected chi connectivity index (χ1v) is 8.47. The van der Waals surface area contributed by atoms with Crippen molar-refractivity contribution in [1.82, 2.24) is 5.32 Å². The van der Waals surface area contributed by atoms with E-state index in [1.165, 1.54) is 14.2 Å². The number of nitrogens with one attached hydrogen (secondary N) is 1. The molecule has 0 heterocycles. The third-order valence-electron chi connectivity index (χ3n) is 3.03. The summed E-state index contributed by atoms with van der Waals surface area (Å²) >= 11 is 7.54. The number of esters is 1. The number of carbonyl (C=O) groups excluding carboxylic acids is 2. The summed E-state index contributed by atoms with van der Waals surface area (Å²) < 4.78 is 9.92. The van der Waals surface area contributed by atoms with E-state index in [0.29, 0.717) is 22.8 Å². The second-order valence-electron chi connectivity index (χ2n) is 4.56. The number of hydrogen-bond donors (Lipinski definition) is 1. The van der Waals surface area contributed by atoms with Crippen LogP contribution in [-0.4, -0.2) is 44.1 Å². The summed E-state index contributed by atoms with van der Waals surface area (Å²) in [5, 5.41) is 3.22. The van der Waals surface area contributed by atoms with Gasteiger partial charge in [0.1, 0.15) is 11.8 Å². The van der Waals surface area contributed by atoms with Crippen LogP contribution in [0.5, 0.6) is 5.75 Å². The van der Waals surface area contributed by atoms with Crippen LogP contribution in [0.4, 0.5) is 0 Å². The number of halogens is 1. The van der Waals surface area contributed by atoms with Crippen LogP contribution in [0.2, 0.25) is 5.02 Å². The highest BCUT2D eigenvalue weighted by molar-refractivity contribution is 7.98. The predicted octanol–water partition coefficient (Wildman–Crippen LogP) is 2.30. The number of benzene rings is 1. The van der Waals surface area contributed by atoms with Crippen LogP contribution in [-0.2, 0) is 20.7 Å². The Labute approximate surface area is 139 Å². The van der Waals surface area contributed by atoms with Gasteiger partial charge < -0.3 is 14.8 Å². The van der Waals surface area contributed by atoms with Gasteiger partial charge in [-0.15, -0.1) is 0 Å². The standard InChI is InChI=1S/C15H20ClNO4S/c1-20-13-5-4-11(16)8-10(13)9-14(18)17-12(6-7-22-3)15(19)21-2/h4-5,8,12H,6-7,9H2,1-3H3,(H,17,18)/t12-/m0/s1. The van der Waals surface area contributed by atoms with Crippen molar-refractivity contribution in [2.75, 3.05) is 26.2 Å². The summed E-state index contributed by atoms with van der Waals surface area (Å²) in [5.74, 6) is 0.608. The fourth-order valence-corrected chi connectivity index (χ4v) is 2.60. The number of amides is 1. The summed E-state index contributed by atoms with van der Waals surface area (Å²) in [6, 6.07) is 4.43. The largest absolute Gasteiger partial charge is 0.496 e. The zero-order valence-corrected chi connectivity index (χ0v) is 14.4. The van der Waals surface area contributed by atoms with E-state index < -0.39 is 12.0 Å². The van der Waals surface area contributed by atoms with Crippen molar-refractivity contribution < 1.29 is 19.1 Å². The molecule has 7 heteroatoms. The minimum Gasteiger partial charge on any atom is -0.496 e. The molecule has 0 aliphatic carbocycles. The third-order valence-corrected chi connectivity index (χ3v) is 3.90. The van der Waals surface area contributed by atoms with Crippen molar-refractivity contribution in [3.05, 3.63) is 28.8 Å². The molecule has 0 spiro atoms. The molecule has 1 atom stereocenters. The second kappa shape index (κ2) is 9.58. The van der Waals surface area contributed by atoms with E-state index in [-0.39, 0.29) is 12.3 Å².